The third kappa shape index (κ3) is 3.44. The third-order valence-electron chi connectivity index (χ3n) is 3.27. The minimum Gasteiger partial charge on any atom is -0.493 e. The maximum atomic E-state index is 5.84. The Bertz CT molecular complexity index is 301. The largest absolute Gasteiger partial charge is 0.493 e. The lowest BCUT2D eigenvalue weighted by Gasteiger charge is -2.21. The lowest BCUT2D eigenvalue weighted by Crippen LogP contribution is -2.15. The molecule has 88 valence electrons. The molecular formula is C14H20OS. The van der Waals surface area contributed by atoms with Crippen molar-refractivity contribution < 1.29 is 4.74 Å². The van der Waals surface area contributed by atoms with E-state index in [1.54, 1.807) is 11.8 Å². The van der Waals surface area contributed by atoms with Gasteiger partial charge in [-0.15, -0.1) is 11.8 Å². The predicted molar refractivity (Wildman–Crippen MR) is 70.3 cm³/mol. The van der Waals surface area contributed by atoms with E-state index in [1.165, 1.54) is 37.0 Å². The molecular weight excluding hydrogens is 216 g/mol. The van der Waals surface area contributed by atoms with E-state index < -0.39 is 0 Å². The number of thioether (sulfide) groups is 1. The Labute approximate surface area is 103 Å². The molecule has 1 aliphatic carbocycles. The van der Waals surface area contributed by atoms with Gasteiger partial charge >= 0.3 is 0 Å². The first-order valence-electron chi connectivity index (χ1n) is 6.15. The SMILES string of the molecule is CSc1ccc(OCC2CCCCC2)cc1. The normalized spacial score (nSPS) is 17.3. The van der Waals surface area contributed by atoms with Crippen LogP contribution in [0.1, 0.15) is 32.1 Å². The molecule has 1 aromatic carbocycles. The van der Waals surface area contributed by atoms with Gasteiger partial charge in [0.1, 0.15) is 5.75 Å². The highest BCUT2D eigenvalue weighted by Crippen LogP contribution is 2.25. The van der Waals surface area contributed by atoms with Crippen LogP contribution >= 0.6 is 11.8 Å². The maximum absolute atomic E-state index is 5.84. The van der Waals surface area contributed by atoms with E-state index in [4.69, 9.17) is 4.74 Å². The van der Waals surface area contributed by atoms with Crippen molar-refractivity contribution in [2.45, 2.75) is 37.0 Å². The smallest absolute Gasteiger partial charge is 0.119 e. The summed E-state index contributed by atoms with van der Waals surface area (Å²) in [6.07, 6.45) is 8.99. The maximum Gasteiger partial charge on any atom is 0.119 e. The van der Waals surface area contributed by atoms with Crippen LogP contribution in [0.3, 0.4) is 0 Å². The number of hydrogen-bond donors (Lipinski definition) is 0. The minimum atomic E-state index is 0.786. The molecule has 0 aliphatic heterocycles. The highest BCUT2D eigenvalue weighted by molar-refractivity contribution is 7.98. The highest BCUT2D eigenvalue weighted by Gasteiger charge is 2.13. The summed E-state index contributed by atoms with van der Waals surface area (Å²) in [5.41, 5.74) is 0. The lowest BCUT2D eigenvalue weighted by molar-refractivity contribution is 0.209. The van der Waals surface area contributed by atoms with Gasteiger partial charge < -0.3 is 4.74 Å². The van der Waals surface area contributed by atoms with Crippen LogP contribution in [0.15, 0.2) is 29.2 Å². The van der Waals surface area contributed by atoms with E-state index in [-0.39, 0.29) is 0 Å². The van der Waals surface area contributed by atoms with Crippen molar-refractivity contribution >= 4 is 11.8 Å². The predicted octanol–water partition coefficient (Wildman–Crippen LogP) is 4.37. The van der Waals surface area contributed by atoms with Gasteiger partial charge in [0.05, 0.1) is 6.61 Å². The van der Waals surface area contributed by atoms with Crippen molar-refractivity contribution in [1.82, 2.24) is 0 Å². The first-order valence-corrected chi connectivity index (χ1v) is 7.38. The first kappa shape index (κ1) is 11.8. The molecule has 2 heteroatoms. The van der Waals surface area contributed by atoms with Crippen LogP contribution in [0.5, 0.6) is 5.75 Å². The van der Waals surface area contributed by atoms with Crippen molar-refractivity contribution in [2.24, 2.45) is 5.92 Å². The van der Waals surface area contributed by atoms with Crippen LogP contribution in [0.2, 0.25) is 0 Å². The standard InChI is InChI=1S/C14H20OS/c1-16-14-9-7-13(8-10-14)15-11-12-5-3-2-4-6-12/h7-10,12H,2-6,11H2,1H3. The average Bonchev–Trinajstić information content (AvgIpc) is 2.38. The zero-order chi connectivity index (χ0) is 11.2. The molecule has 0 N–H and O–H groups in total. The Hall–Kier alpha value is -0.630. The van der Waals surface area contributed by atoms with E-state index in [0.717, 1.165) is 18.3 Å². The van der Waals surface area contributed by atoms with Crippen LogP contribution in [-0.2, 0) is 0 Å². The van der Waals surface area contributed by atoms with Crippen LogP contribution in [0, 0.1) is 5.92 Å². The van der Waals surface area contributed by atoms with Gasteiger partial charge in [-0.2, -0.15) is 0 Å². The molecule has 1 fully saturated rings. The Morgan fingerprint density at radius 3 is 2.44 bits per heavy atom. The van der Waals surface area contributed by atoms with Gasteiger partial charge in [0.2, 0.25) is 0 Å². The van der Waals surface area contributed by atoms with Crippen molar-refractivity contribution in [1.29, 1.82) is 0 Å². The zero-order valence-corrected chi connectivity index (χ0v) is 10.8. The second-order valence-electron chi connectivity index (χ2n) is 4.49. The fraction of sp³-hybridized carbons (Fsp3) is 0.571. The summed E-state index contributed by atoms with van der Waals surface area (Å²) in [6.45, 7) is 0.901. The summed E-state index contributed by atoms with van der Waals surface area (Å²) in [6, 6.07) is 8.41. The van der Waals surface area contributed by atoms with Crippen molar-refractivity contribution in [2.75, 3.05) is 12.9 Å². The summed E-state index contributed by atoms with van der Waals surface area (Å²) < 4.78 is 5.84. The number of benzene rings is 1. The Morgan fingerprint density at radius 1 is 1.12 bits per heavy atom. The fourth-order valence-electron chi connectivity index (χ4n) is 2.24. The van der Waals surface area contributed by atoms with Crippen LogP contribution < -0.4 is 4.74 Å². The van der Waals surface area contributed by atoms with E-state index in [1.807, 2.05) is 0 Å². The molecule has 16 heavy (non-hydrogen) atoms. The van der Waals surface area contributed by atoms with Crippen molar-refractivity contribution in [3.63, 3.8) is 0 Å². The average molecular weight is 236 g/mol. The van der Waals surface area contributed by atoms with Gasteiger partial charge in [0, 0.05) is 4.90 Å². The first-order chi connectivity index (χ1) is 7.88. The summed E-state index contributed by atoms with van der Waals surface area (Å²) in [7, 11) is 0. The van der Waals surface area contributed by atoms with E-state index in [9.17, 15) is 0 Å². The zero-order valence-electron chi connectivity index (χ0n) is 9.95. The third-order valence-corrected chi connectivity index (χ3v) is 4.01. The summed E-state index contributed by atoms with van der Waals surface area (Å²) in [5, 5.41) is 0. The number of hydrogen-bond acceptors (Lipinski definition) is 2. The fourth-order valence-corrected chi connectivity index (χ4v) is 2.65. The molecule has 0 saturated heterocycles. The molecule has 1 aliphatic rings. The second kappa shape index (κ2) is 6.19. The summed E-state index contributed by atoms with van der Waals surface area (Å²) in [5.74, 6) is 1.80. The lowest BCUT2D eigenvalue weighted by atomic mass is 9.90. The van der Waals surface area contributed by atoms with Crippen LogP contribution in [-0.4, -0.2) is 12.9 Å². The Balaban J connectivity index is 1.79. The van der Waals surface area contributed by atoms with Gasteiger partial charge in [-0.05, 0) is 49.3 Å². The Kier molecular flexibility index (Phi) is 4.58. The summed E-state index contributed by atoms with van der Waals surface area (Å²) >= 11 is 1.77. The molecule has 0 spiro atoms. The summed E-state index contributed by atoms with van der Waals surface area (Å²) in [4.78, 5) is 1.30. The molecule has 0 heterocycles. The number of ether oxygens (including phenoxy) is 1. The highest BCUT2D eigenvalue weighted by atomic mass is 32.2. The van der Waals surface area contributed by atoms with Gasteiger partial charge in [-0.1, -0.05) is 19.3 Å². The molecule has 0 unspecified atom stereocenters. The molecule has 0 atom stereocenters. The minimum absolute atomic E-state index is 0.786. The van der Waals surface area contributed by atoms with Gasteiger partial charge in [-0.3, -0.25) is 0 Å². The van der Waals surface area contributed by atoms with E-state index in [0.29, 0.717) is 0 Å². The molecule has 1 aromatic rings. The second-order valence-corrected chi connectivity index (χ2v) is 5.37. The molecule has 0 amide bonds. The van der Waals surface area contributed by atoms with Crippen LogP contribution in [0.25, 0.3) is 0 Å². The van der Waals surface area contributed by atoms with E-state index in [2.05, 4.69) is 30.5 Å². The molecule has 1 saturated carbocycles. The molecule has 2 rings (SSSR count). The van der Waals surface area contributed by atoms with Gasteiger partial charge in [0.25, 0.3) is 0 Å². The van der Waals surface area contributed by atoms with Crippen molar-refractivity contribution in [3.8, 4) is 5.75 Å². The van der Waals surface area contributed by atoms with Gasteiger partial charge in [-0.25, -0.2) is 0 Å². The molecule has 0 bridgehead atoms. The molecule has 1 nitrogen and oxygen atoms in total. The van der Waals surface area contributed by atoms with Crippen molar-refractivity contribution in [3.05, 3.63) is 24.3 Å². The Morgan fingerprint density at radius 2 is 1.81 bits per heavy atom. The van der Waals surface area contributed by atoms with Gasteiger partial charge in [0.15, 0.2) is 0 Å². The molecule has 0 radical (unpaired) electrons. The van der Waals surface area contributed by atoms with Crippen LogP contribution in [0.4, 0.5) is 0 Å². The monoisotopic (exact) mass is 236 g/mol. The molecule has 0 aromatic heterocycles. The number of rotatable bonds is 4. The van der Waals surface area contributed by atoms with E-state index >= 15 is 0 Å². The quantitative estimate of drug-likeness (QED) is 0.718. The topological polar surface area (TPSA) is 9.23 Å².